The molecule has 0 unspecified atom stereocenters. The number of thioether (sulfide) groups is 1. The van der Waals surface area contributed by atoms with Crippen molar-refractivity contribution in [1.29, 1.82) is 0 Å². The van der Waals surface area contributed by atoms with Crippen LogP contribution in [0.3, 0.4) is 0 Å². The fraction of sp³-hybridized carbons (Fsp3) is 0.300. The van der Waals surface area contributed by atoms with E-state index in [0.29, 0.717) is 5.82 Å². The second kappa shape index (κ2) is 9.16. The van der Waals surface area contributed by atoms with E-state index in [0.717, 1.165) is 32.1 Å². The number of nitrogens with zero attached hydrogens (tertiary/aromatic N) is 2. The highest BCUT2D eigenvalue weighted by Crippen LogP contribution is 2.36. The Bertz CT molecular complexity index is 989. The summed E-state index contributed by atoms with van der Waals surface area (Å²) in [6.07, 6.45) is 0.802. The zero-order valence-electron chi connectivity index (χ0n) is 16.0. The molecule has 0 aliphatic heterocycles. The molecule has 3 rings (SSSR count). The summed E-state index contributed by atoms with van der Waals surface area (Å²) in [7, 11) is 0. The van der Waals surface area contributed by atoms with Crippen molar-refractivity contribution in [2.24, 2.45) is 0 Å². The summed E-state index contributed by atoms with van der Waals surface area (Å²) in [4.78, 5) is 34.9. The van der Waals surface area contributed by atoms with Gasteiger partial charge in [-0.3, -0.25) is 10.1 Å². The molecule has 0 spiro atoms. The van der Waals surface area contributed by atoms with Crippen molar-refractivity contribution in [3.8, 4) is 10.4 Å². The number of thiophene rings is 1. The summed E-state index contributed by atoms with van der Waals surface area (Å²) in [5.41, 5.74) is 1.12. The molecule has 0 aliphatic carbocycles. The molecule has 3 aromatic rings. The Kier molecular flexibility index (Phi) is 6.64. The molecule has 146 valence electrons. The first-order chi connectivity index (χ1) is 13.5. The fourth-order valence-corrected chi connectivity index (χ4v) is 4.50. The quantitative estimate of drug-likeness (QED) is 0.462. The molecule has 2 heterocycles. The SMILES string of the molecule is CC[C@H](C)NC(=O)NC(=O)CSc1nc(C)nc2sc(-c3ccccc3)cc12. The second-order valence-corrected chi connectivity index (χ2v) is 8.39. The predicted molar refractivity (Wildman–Crippen MR) is 115 cm³/mol. The van der Waals surface area contributed by atoms with Crippen LogP contribution in [0.4, 0.5) is 4.79 Å². The summed E-state index contributed by atoms with van der Waals surface area (Å²) in [5, 5.41) is 6.75. The molecule has 0 radical (unpaired) electrons. The molecule has 28 heavy (non-hydrogen) atoms. The van der Waals surface area contributed by atoms with Crippen LogP contribution in [0.5, 0.6) is 0 Å². The minimum atomic E-state index is -0.467. The smallest absolute Gasteiger partial charge is 0.321 e. The molecule has 0 fully saturated rings. The lowest BCUT2D eigenvalue weighted by Gasteiger charge is -2.11. The molecule has 0 saturated carbocycles. The van der Waals surface area contributed by atoms with Gasteiger partial charge in [0.15, 0.2) is 0 Å². The van der Waals surface area contributed by atoms with Crippen molar-refractivity contribution >= 4 is 45.3 Å². The number of nitrogens with one attached hydrogen (secondary N) is 2. The van der Waals surface area contributed by atoms with Crippen LogP contribution in [0.15, 0.2) is 41.4 Å². The lowest BCUT2D eigenvalue weighted by atomic mass is 10.2. The summed E-state index contributed by atoms with van der Waals surface area (Å²) >= 11 is 2.91. The van der Waals surface area contributed by atoms with Crippen molar-refractivity contribution in [3.63, 3.8) is 0 Å². The summed E-state index contributed by atoms with van der Waals surface area (Å²) in [6.45, 7) is 5.70. The summed E-state index contributed by atoms with van der Waals surface area (Å²) < 4.78 is 0. The lowest BCUT2D eigenvalue weighted by molar-refractivity contribution is -0.117. The van der Waals surface area contributed by atoms with Crippen LogP contribution in [-0.2, 0) is 4.79 Å². The van der Waals surface area contributed by atoms with Crippen LogP contribution in [0.25, 0.3) is 20.7 Å². The Balaban J connectivity index is 1.73. The molecule has 0 bridgehead atoms. The zero-order chi connectivity index (χ0) is 20.1. The summed E-state index contributed by atoms with van der Waals surface area (Å²) in [5.74, 6) is 0.413. The van der Waals surface area contributed by atoms with Gasteiger partial charge in [0, 0.05) is 16.3 Å². The maximum absolute atomic E-state index is 12.1. The van der Waals surface area contributed by atoms with E-state index in [2.05, 4.69) is 38.8 Å². The van der Waals surface area contributed by atoms with E-state index < -0.39 is 6.03 Å². The Morgan fingerprint density at radius 1 is 1.21 bits per heavy atom. The average Bonchev–Trinajstić information content (AvgIpc) is 3.10. The van der Waals surface area contributed by atoms with Gasteiger partial charge in [0.05, 0.1) is 5.75 Å². The number of urea groups is 1. The topological polar surface area (TPSA) is 84.0 Å². The first-order valence-corrected chi connectivity index (χ1v) is 10.8. The molecule has 2 N–H and O–H groups in total. The largest absolute Gasteiger partial charge is 0.335 e. The Morgan fingerprint density at radius 2 is 1.96 bits per heavy atom. The van der Waals surface area contributed by atoms with E-state index in [9.17, 15) is 9.59 Å². The number of carbonyl (C=O) groups is 2. The number of benzene rings is 1. The molecular weight excluding hydrogens is 392 g/mol. The van der Waals surface area contributed by atoms with Crippen molar-refractivity contribution in [2.75, 3.05) is 5.75 Å². The number of hydrogen-bond donors (Lipinski definition) is 2. The molecule has 1 aromatic carbocycles. The van der Waals surface area contributed by atoms with Crippen LogP contribution in [0.1, 0.15) is 26.1 Å². The Hall–Kier alpha value is -2.45. The standard InChI is InChI=1S/C20H22N4O2S2/c1-4-12(2)21-20(26)24-17(25)11-27-18-15-10-16(14-8-6-5-7-9-14)28-19(15)23-13(3)22-18/h5-10,12H,4,11H2,1-3H3,(H2,21,24,25,26)/t12-/m0/s1. The van der Waals surface area contributed by atoms with Crippen LogP contribution in [0, 0.1) is 6.92 Å². The molecule has 1 atom stereocenters. The van der Waals surface area contributed by atoms with Crippen molar-refractivity contribution < 1.29 is 9.59 Å². The van der Waals surface area contributed by atoms with E-state index in [1.54, 1.807) is 11.3 Å². The monoisotopic (exact) mass is 414 g/mol. The number of aryl methyl sites for hydroxylation is 1. The predicted octanol–water partition coefficient (Wildman–Crippen LogP) is 4.38. The van der Waals surface area contributed by atoms with Crippen LogP contribution < -0.4 is 10.6 Å². The summed E-state index contributed by atoms with van der Waals surface area (Å²) in [6, 6.07) is 11.7. The molecule has 8 heteroatoms. The van der Waals surface area contributed by atoms with Crippen LogP contribution >= 0.6 is 23.1 Å². The lowest BCUT2D eigenvalue weighted by Crippen LogP contribution is -2.43. The molecule has 2 aromatic heterocycles. The molecular formula is C20H22N4O2S2. The van der Waals surface area contributed by atoms with Gasteiger partial charge in [-0.2, -0.15) is 0 Å². The first-order valence-electron chi connectivity index (χ1n) is 9.03. The highest BCUT2D eigenvalue weighted by atomic mass is 32.2. The normalized spacial score (nSPS) is 12.0. The fourth-order valence-electron chi connectivity index (χ4n) is 2.51. The maximum Gasteiger partial charge on any atom is 0.321 e. The highest BCUT2D eigenvalue weighted by Gasteiger charge is 2.15. The first kappa shape index (κ1) is 20.3. The van der Waals surface area contributed by atoms with Gasteiger partial charge in [0.1, 0.15) is 15.7 Å². The minimum absolute atomic E-state index is 0.0202. The Labute approximate surface area is 172 Å². The van der Waals surface area contributed by atoms with Gasteiger partial charge in [-0.05, 0) is 31.9 Å². The molecule has 3 amide bonds. The van der Waals surface area contributed by atoms with E-state index in [4.69, 9.17) is 0 Å². The Morgan fingerprint density at radius 3 is 2.68 bits per heavy atom. The number of carbonyl (C=O) groups excluding carboxylic acids is 2. The van der Waals surface area contributed by atoms with E-state index in [1.165, 1.54) is 11.8 Å². The molecule has 0 saturated heterocycles. The number of aromatic nitrogens is 2. The van der Waals surface area contributed by atoms with Gasteiger partial charge < -0.3 is 5.32 Å². The van der Waals surface area contributed by atoms with Gasteiger partial charge in [0.25, 0.3) is 0 Å². The number of imide groups is 1. The molecule has 0 aliphatic rings. The number of amides is 3. The van der Waals surface area contributed by atoms with E-state index in [-0.39, 0.29) is 17.7 Å². The molecule has 6 nitrogen and oxygen atoms in total. The minimum Gasteiger partial charge on any atom is -0.335 e. The van der Waals surface area contributed by atoms with E-state index in [1.807, 2.05) is 39.0 Å². The zero-order valence-corrected chi connectivity index (χ0v) is 17.6. The van der Waals surface area contributed by atoms with Gasteiger partial charge >= 0.3 is 6.03 Å². The van der Waals surface area contributed by atoms with Gasteiger partial charge in [-0.1, -0.05) is 49.0 Å². The third-order valence-electron chi connectivity index (χ3n) is 4.11. The van der Waals surface area contributed by atoms with Gasteiger partial charge in [-0.25, -0.2) is 14.8 Å². The van der Waals surface area contributed by atoms with E-state index >= 15 is 0 Å². The van der Waals surface area contributed by atoms with Crippen LogP contribution in [-0.4, -0.2) is 33.7 Å². The van der Waals surface area contributed by atoms with Crippen molar-refractivity contribution in [3.05, 3.63) is 42.2 Å². The highest BCUT2D eigenvalue weighted by molar-refractivity contribution is 8.00. The van der Waals surface area contributed by atoms with Gasteiger partial charge in [0.2, 0.25) is 5.91 Å². The maximum atomic E-state index is 12.1. The second-order valence-electron chi connectivity index (χ2n) is 6.39. The number of hydrogen-bond acceptors (Lipinski definition) is 6. The third-order valence-corrected chi connectivity index (χ3v) is 6.18. The van der Waals surface area contributed by atoms with Crippen LogP contribution in [0.2, 0.25) is 0 Å². The van der Waals surface area contributed by atoms with Crippen molar-refractivity contribution in [1.82, 2.24) is 20.6 Å². The average molecular weight is 415 g/mol. The van der Waals surface area contributed by atoms with Crippen molar-refractivity contribution in [2.45, 2.75) is 38.3 Å². The van der Waals surface area contributed by atoms with Gasteiger partial charge in [-0.15, -0.1) is 11.3 Å². The third kappa shape index (κ3) is 5.08. The number of rotatable bonds is 6. The number of fused-ring (bicyclic) bond motifs is 1.